The summed E-state index contributed by atoms with van der Waals surface area (Å²) in [7, 11) is 0. The Labute approximate surface area is 84.5 Å². The van der Waals surface area contributed by atoms with E-state index in [9.17, 15) is 0 Å². The monoisotopic (exact) mass is 182 g/mol. The van der Waals surface area contributed by atoms with Gasteiger partial charge < -0.3 is 5.32 Å². The van der Waals surface area contributed by atoms with E-state index in [-0.39, 0.29) is 0 Å². The van der Waals surface area contributed by atoms with Gasteiger partial charge in [0, 0.05) is 11.9 Å². The highest BCUT2D eigenvalue weighted by atomic mass is 14.8. The van der Waals surface area contributed by atoms with Crippen molar-refractivity contribution < 1.29 is 0 Å². The Morgan fingerprint density at radius 1 is 1.07 bits per heavy atom. The van der Waals surface area contributed by atoms with Gasteiger partial charge in [0.25, 0.3) is 0 Å². The fraction of sp³-hybridized carbons (Fsp3) is 0. The van der Waals surface area contributed by atoms with Crippen LogP contribution in [0, 0.1) is 6.92 Å². The summed E-state index contributed by atoms with van der Waals surface area (Å²) in [5.41, 5.74) is 3.29. The van der Waals surface area contributed by atoms with Crippen LogP contribution in [-0.2, 0) is 0 Å². The van der Waals surface area contributed by atoms with Crippen LogP contribution in [0.25, 0.3) is 5.70 Å². The summed E-state index contributed by atoms with van der Waals surface area (Å²) in [6.07, 6.45) is 9.95. The zero-order chi connectivity index (χ0) is 9.80. The molecular formula is C13H12N. The highest BCUT2D eigenvalue weighted by molar-refractivity contribution is 5.67. The molecule has 0 saturated carbocycles. The zero-order valence-electron chi connectivity index (χ0n) is 7.90. The van der Waals surface area contributed by atoms with Crippen LogP contribution in [0.5, 0.6) is 0 Å². The summed E-state index contributed by atoms with van der Waals surface area (Å²) in [6, 6.07) is 8.14. The topological polar surface area (TPSA) is 12.0 Å². The molecule has 1 aliphatic rings. The summed E-state index contributed by atoms with van der Waals surface area (Å²) < 4.78 is 0. The van der Waals surface area contributed by atoms with Gasteiger partial charge in [-0.2, -0.15) is 0 Å². The van der Waals surface area contributed by atoms with Crippen molar-refractivity contribution in [1.29, 1.82) is 0 Å². The van der Waals surface area contributed by atoms with Gasteiger partial charge in [-0.05, 0) is 36.3 Å². The largest absolute Gasteiger partial charge is 0.361 e. The van der Waals surface area contributed by atoms with Crippen LogP contribution in [0.15, 0.2) is 54.8 Å². The Kier molecular flexibility index (Phi) is 2.50. The van der Waals surface area contributed by atoms with Crippen LogP contribution in [0.2, 0.25) is 0 Å². The molecule has 0 fully saturated rings. The van der Waals surface area contributed by atoms with Crippen LogP contribution in [0.3, 0.4) is 0 Å². The molecule has 0 aliphatic carbocycles. The lowest BCUT2D eigenvalue weighted by Crippen LogP contribution is -2.02. The minimum atomic E-state index is 1.03. The molecule has 0 spiro atoms. The maximum atomic E-state index is 3.91. The number of allylic oxidation sites excluding steroid dienone is 4. The van der Waals surface area contributed by atoms with Crippen molar-refractivity contribution in [3.8, 4) is 0 Å². The first-order valence-electron chi connectivity index (χ1n) is 4.59. The third kappa shape index (κ3) is 1.94. The van der Waals surface area contributed by atoms with Crippen LogP contribution in [0.4, 0.5) is 0 Å². The summed E-state index contributed by atoms with van der Waals surface area (Å²) in [5, 5.41) is 3.22. The molecule has 2 rings (SSSR count). The molecule has 1 heteroatoms. The lowest BCUT2D eigenvalue weighted by molar-refractivity contribution is 1.22. The van der Waals surface area contributed by atoms with Crippen LogP contribution in [-0.4, -0.2) is 0 Å². The smallest absolute Gasteiger partial charge is 0.0453 e. The van der Waals surface area contributed by atoms with Gasteiger partial charge >= 0.3 is 0 Å². The minimum absolute atomic E-state index is 1.03. The van der Waals surface area contributed by atoms with Crippen molar-refractivity contribution in [2.75, 3.05) is 0 Å². The molecular weight excluding hydrogens is 170 g/mol. The maximum absolute atomic E-state index is 3.91. The quantitative estimate of drug-likeness (QED) is 0.704. The van der Waals surface area contributed by atoms with E-state index in [0.717, 1.165) is 16.8 Å². The number of nitrogens with one attached hydrogen (secondary N) is 1. The summed E-state index contributed by atoms with van der Waals surface area (Å²) in [4.78, 5) is 0. The number of rotatable bonds is 1. The van der Waals surface area contributed by atoms with Crippen molar-refractivity contribution in [2.45, 2.75) is 0 Å². The normalized spacial score (nSPS) is 14.5. The molecule has 14 heavy (non-hydrogen) atoms. The Balaban J connectivity index is 2.35. The molecule has 1 N–H and O–H groups in total. The van der Waals surface area contributed by atoms with Crippen LogP contribution >= 0.6 is 0 Å². The molecule has 1 aliphatic heterocycles. The molecule has 69 valence electrons. The van der Waals surface area contributed by atoms with Gasteiger partial charge in [0.15, 0.2) is 0 Å². The molecule has 0 saturated heterocycles. The fourth-order valence-electron chi connectivity index (χ4n) is 1.38. The first-order valence-corrected chi connectivity index (χ1v) is 4.59. The molecule has 1 aromatic carbocycles. The molecule has 1 aromatic rings. The van der Waals surface area contributed by atoms with E-state index in [1.165, 1.54) is 0 Å². The number of benzene rings is 1. The second-order valence-electron chi connectivity index (χ2n) is 3.17. The first kappa shape index (κ1) is 8.82. The molecule has 1 heterocycles. The highest BCUT2D eigenvalue weighted by Gasteiger charge is 1.99. The van der Waals surface area contributed by atoms with Gasteiger partial charge in [0.05, 0.1) is 0 Å². The molecule has 0 aromatic heterocycles. The third-order valence-corrected chi connectivity index (χ3v) is 2.06. The average Bonchev–Trinajstić information content (AvgIpc) is 2.45. The number of hydrogen-bond donors (Lipinski definition) is 1. The SMILES string of the molecule is [CH2]c1cccc(C2=CC=CC=CN2)c1. The van der Waals surface area contributed by atoms with Crippen molar-refractivity contribution in [3.63, 3.8) is 0 Å². The van der Waals surface area contributed by atoms with E-state index in [2.05, 4.69) is 30.4 Å². The molecule has 0 bridgehead atoms. The molecule has 1 radical (unpaired) electrons. The van der Waals surface area contributed by atoms with Crippen molar-refractivity contribution in [1.82, 2.24) is 5.32 Å². The first-order chi connectivity index (χ1) is 6.86. The zero-order valence-corrected chi connectivity index (χ0v) is 7.90. The van der Waals surface area contributed by atoms with Gasteiger partial charge in [-0.3, -0.25) is 0 Å². The molecule has 0 amide bonds. The Morgan fingerprint density at radius 2 is 2.00 bits per heavy atom. The average molecular weight is 182 g/mol. The predicted molar refractivity (Wildman–Crippen MR) is 60.3 cm³/mol. The summed E-state index contributed by atoms with van der Waals surface area (Å²) in [5.74, 6) is 0. The number of hydrogen-bond acceptors (Lipinski definition) is 1. The van der Waals surface area contributed by atoms with Gasteiger partial charge in [-0.1, -0.05) is 30.4 Å². The van der Waals surface area contributed by atoms with Crippen molar-refractivity contribution in [2.24, 2.45) is 0 Å². The Hall–Kier alpha value is -1.76. The molecule has 0 unspecified atom stereocenters. The molecule has 1 nitrogen and oxygen atoms in total. The lowest BCUT2D eigenvalue weighted by atomic mass is 10.1. The molecule has 0 atom stereocenters. The second kappa shape index (κ2) is 3.97. The van der Waals surface area contributed by atoms with Crippen LogP contribution in [0.1, 0.15) is 11.1 Å². The van der Waals surface area contributed by atoms with Gasteiger partial charge in [-0.25, -0.2) is 0 Å². The van der Waals surface area contributed by atoms with Gasteiger partial charge in [0.2, 0.25) is 0 Å². The third-order valence-electron chi connectivity index (χ3n) is 2.06. The highest BCUT2D eigenvalue weighted by Crippen LogP contribution is 2.14. The second-order valence-corrected chi connectivity index (χ2v) is 3.17. The van der Waals surface area contributed by atoms with E-state index < -0.39 is 0 Å². The lowest BCUT2D eigenvalue weighted by Gasteiger charge is -2.06. The fourth-order valence-corrected chi connectivity index (χ4v) is 1.38. The Bertz CT molecular complexity index is 411. The van der Waals surface area contributed by atoms with E-state index in [0.29, 0.717) is 0 Å². The summed E-state index contributed by atoms with van der Waals surface area (Å²) in [6.45, 7) is 3.91. The van der Waals surface area contributed by atoms with Crippen molar-refractivity contribution in [3.05, 3.63) is 72.8 Å². The van der Waals surface area contributed by atoms with Crippen LogP contribution < -0.4 is 5.32 Å². The van der Waals surface area contributed by atoms with E-state index in [4.69, 9.17) is 0 Å². The van der Waals surface area contributed by atoms with Gasteiger partial charge in [-0.15, -0.1) is 0 Å². The predicted octanol–water partition coefficient (Wildman–Crippen LogP) is 2.88. The van der Waals surface area contributed by atoms with E-state index >= 15 is 0 Å². The maximum Gasteiger partial charge on any atom is 0.0453 e. The summed E-state index contributed by atoms with van der Waals surface area (Å²) >= 11 is 0. The van der Waals surface area contributed by atoms with E-state index in [1.807, 2.05) is 36.6 Å². The van der Waals surface area contributed by atoms with Crippen molar-refractivity contribution >= 4 is 5.70 Å². The Morgan fingerprint density at radius 3 is 2.86 bits per heavy atom. The minimum Gasteiger partial charge on any atom is -0.361 e. The van der Waals surface area contributed by atoms with Gasteiger partial charge in [0.1, 0.15) is 0 Å². The standard InChI is InChI=1S/C13H12N/c1-11-6-5-7-12(10-11)13-8-3-2-4-9-14-13/h2-10,14H,1H2. The van der Waals surface area contributed by atoms with E-state index in [1.54, 1.807) is 0 Å².